The highest BCUT2D eigenvalue weighted by Crippen LogP contribution is 2.20. The van der Waals surface area contributed by atoms with Gasteiger partial charge in [0.2, 0.25) is 5.91 Å². The van der Waals surface area contributed by atoms with Crippen LogP contribution in [0.25, 0.3) is 0 Å². The van der Waals surface area contributed by atoms with Crippen LogP contribution in [0.2, 0.25) is 0 Å². The van der Waals surface area contributed by atoms with Crippen LogP contribution in [0.5, 0.6) is 0 Å². The van der Waals surface area contributed by atoms with E-state index in [1.54, 1.807) is 14.2 Å². The van der Waals surface area contributed by atoms with Crippen LogP contribution in [0.15, 0.2) is 0 Å². The fourth-order valence-electron chi connectivity index (χ4n) is 2.66. The predicted molar refractivity (Wildman–Crippen MR) is 75.1 cm³/mol. The van der Waals surface area contributed by atoms with Gasteiger partial charge in [0.15, 0.2) is 0 Å². The summed E-state index contributed by atoms with van der Waals surface area (Å²) in [6, 6.07) is 0.516. The van der Waals surface area contributed by atoms with Crippen molar-refractivity contribution in [1.29, 1.82) is 0 Å². The molecule has 1 saturated heterocycles. The number of hydrogen-bond acceptors (Lipinski definition) is 4. The van der Waals surface area contributed by atoms with E-state index >= 15 is 0 Å². The summed E-state index contributed by atoms with van der Waals surface area (Å²) >= 11 is 0. The molecule has 1 rings (SSSR count). The number of hydrogen-bond donors (Lipinski definition) is 1. The van der Waals surface area contributed by atoms with E-state index in [-0.39, 0.29) is 17.9 Å². The van der Waals surface area contributed by atoms with E-state index in [9.17, 15) is 4.79 Å². The molecule has 0 aromatic carbocycles. The van der Waals surface area contributed by atoms with Gasteiger partial charge in [-0.05, 0) is 33.2 Å². The van der Waals surface area contributed by atoms with E-state index in [0.29, 0.717) is 25.8 Å². The molecule has 0 saturated carbocycles. The fraction of sp³-hybridized carbons (Fsp3) is 0.929. The number of nitrogens with zero attached hydrogens (tertiary/aromatic N) is 1. The van der Waals surface area contributed by atoms with Gasteiger partial charge in [-0.3, -0.25) is 4.79 Å². The number of nitrogens with one attached hydrogen (secondary N) is 1. The first-order valence-corrected chi connectivity index (χ1v) is 7.11. The van der Waals surface area contributed by atoms with Gasteiger partial charge >= 0.3 is 0 Å². The van der Waals surface area contributed by atoms with Crippen molar-refractivity contribution in [2.75, 3.05) is 40.5 Å². The van der Waals surface area contributed by atoms with E-state index in [1.807, 2.05) is 11.8 Å². The van der Waals surface area contributed by atoms with Gasteiger partial charge < -0.3 is 19.7 Å². The standard InChI is InChI=1S/C14H28N2O3/c1-11-9-13(5-6-15-11)14(17)16(7-8-18-3)12(2)10-19-4/h11-13,15H,5-10H2,1-4H3. The van der Waals surface area contributed by atoms with Crippen LogP contribution in [0, 0.1) is 5.92 Å². The number of amides is 1. The summed E-state index contributed by atoms with van der Waals surface area (Å²) in [5, 5.41) is 3.38. The molecule has 1 fully saturated rings. The van der Waals surface area contributed by atoms with Gasteiger partial charge in [0.1, 0.15) is 0 Å². The van der Waals surface area contributed by atoms with E-state index in [2.05, 4.69) is 12.2 Å². The molecule has 3 unspecified atom stereocenters. The normalized spacial score (nSPS) is 25.1. The minimum atomic E-state index is 0.0952. The van der Waals surface area contributed by atoms with Gasteiger partial charge in [0, 0.05) is 32.7 Å². The predicted octanol–water partition coefficient (Wildman–Crippen LogP) is 0.884. The minimum Gasteiger partial charge on any atom is -0.383 e. The molecule has 1 amide bonds. The second-order valence-electron chi connectivity index (χ2n) is 5.41. The quantitative estimate of drug-likeness (QED) is 0.747. The van der Waals surface area contributed by atoms with Crippen molar-refractivity contribution < 1.29 is 14.3 Å². The fourth-order valence-corrected chi connectivity index (χ4v) is 2.66. The van der Waals surface area contributed by atoms with Crippen molar-refractivity contribution in [3.63, 3.8) is 0 Å². The lowest BCUT2D eigenvalue weighted by Crippen LogP contribution is -2.49. The third-order valence-corrected chi connectivity index (χ3v) is 3.73. The molecule has 3 atom stereocenters. The first-order chi connectivity index (χ1) is 9.10. The smallest absolute Gasteiger partial charge is 0.226 e. The van der Waals surface area contributed by atoms with Crippen LogP contribution >= 0.6 is 0 Å². The molecule has 1 N–H and O–H groups in total. The molecule has 19 heavy (non-hydrogen) atoms. The lowest BCUT2D eigenvalue weighted by molar-refractivity contribution is -0.140. The first-order valence-electron chi connectivity index (χ1n) is 7.11. The van der Waals surface area contributed by atoms with Gasteiger partial charge in [0.25, 0.3) is 0 Å². The molecule has 5 nitrogen and oxygen atoms in total. The highest BCUT2D eigenvalue weighted by molar-refractivity contribution is 5.79. The molecule has 1 aliphatic heterocycles. The summed E-state index contributed by atoms with van der Waals surface area (Å²) in [7, 11) is 3.33. The second-order valence-corrected chi connectivity index (χ2v) is 5.41. The monoisotopic (exact) mass is 272 g/mol. The lowest BCUT2D eigenvalue weighted by atomic mass is 9.91. The Morgan fingerprint density at radius 1 is 1.42 bits per heavy atom. The summed E-state index contributed by atoms with van der Waals surface area (Å²) in [6.45, 7) is 6.86. The first kappa shape index (κ1) is 16.4. The Balaban J connectivity index is 2.63. The number of rotatable bonds is 7. The maximum absolute atomic E-state index is 12.7. The number of piperidine rings is 1. The van der Waals surface area contributed by atoms with E-state index in [0.717, 1.165) is 19.4 Å². The minimum absolute atomic E-state index is 0.0952. The molecule has 0 aromatic rings. The van der Waals surface area contributed by atoms with Crippen molar-refractivity contribution in [2.24, 2.45) is 5.92 Å². The number of methoxy groups -OCH3 is 2. The molecule has 5 heteroatoms. The average Bonchev–Trinajstić information content (AvgIpc) is 2.39. The average molecular weight is 272 g/mol. The summed E-state index contributed by atoms with van der Waals surface area (Å²) in [5.41, 5.74) is 0. The van der Waals surface area contributed by atoms with Gasteiger partial charge in [-0.25, -0.2) is 0 Å². The summed E-state index contributed by atoms with van der Waals surface area (Å²) in [4.78, 5) is 14.6. The Hall–Kier alpha value is -0.650. The highest BCUT2D eigenvalue weighted by atomic mass is 16.5. The number of carbonyl (C=O) groups excluding carboxylic acids is 1. The molecule has 0 aliphatic carbocycles. The molecule has 1 aliphatic rings. The molecule has 0 spiro atoms. The van der Waals surface area contributed by atoms with Crippen LogP contribution < -0.4 is 5.32 Å². The van der Waals surface area contributed by atoms with E-state index < -0.39 is 0 Å². The van der Waals surface area contributed by atoms with Crippen LogP contribution in [-0.2, 0) is 14.3 Å². The third kappa shape index (κ3) is 5.09. The summed E-state index contributed by atoms with van der Waals surface area (Å²) in [5.74, 6) is 0.377. The van der Waals surface area contributed by atoms with Crippen molar-refractivity contribution in [3.05, 3.63) is 0 Å². The van der Waals surface area contributed by atoms with Crippen LogP contribution in [0.1, 0.15) is 26.7 Å². The SMILES string of the molecule is COCCN(C(=O)C1CCNC(C)C1)C(C)COC. The van der Waals surface area contributed by atoms with Gasteiger partial charge in [-0.15, -0.1) is 0 Å². The Morgan fingerprint density at radius 3 is 2.74 bits per heavy atom. The van der Waals surface area contributed by atoms with E-state index in [1.165, 1.54) is 0 Å². The maximum Gasteiger partial charge on any atom is 0.226 e. The van der Waals surface area contributed by atoms with E-state index in [4.69, 9.17) is 9.47 Å². The van der Waals surface area contributed by atoms with Crippen molar-refractivity contribution >= 4 is 5.91 Å². The van der Waals surface area contributed by atoms with Crippen LogP contribution in [0.4, 0.5) is 0 Å². The zero-order chi connectivity index (χ0) is 14.3. The zero-order valence-electron chi connectivity index (χ0n) is 12.6. The molecule has 0 radical (unpaired) electrons. The van der Waals surface area contributed by atoms with Crippen molar-refractivity contribution in [2.45, 2.75) is 38.8 Å². The van der Waals surface area contributed by atoms with Crippen molar-refractivity contribution in [3.8, 4) is 0 Å². The van der Waals surface area contributed by atoms with Crippen LogP contribution in [-0.4, -0.2) is 63.4 Å². The summed E-state index contributed by atoms with van der Waals surface area (Å²) < 4.78 is 10.3. The van der Waals surface area contributed by atoms with Crippen LogP contribution in [0.3, 0.4) is 0 Å². The molecular weight excluding hydrogens is 244 g/mol. The highest BCUT2D eigenvalue weighted by Gasteiger charge is 2.30. The lowest BCUT2D eigenvalue weighted by Gasteiger charge is -2.35. The number of carbonyl (C=O) groups is 1. The third-order valence-electron chi connectivity index (χ3n) is 3.73. The molecule has 0 bridgehead atoms. The Kier molecular flexibility index (Phi) is 7.34. The Labute approximate surface area is 116 Å². The summed E-state index contributed by atoms with van der Waals surface area (Å²) in [6.07, 6.45) is 1.84. The van der Waals surface area contributed by atoms with Gasteiger partial charge in [0.05, 0.1) is 19.3 Å². The Bertz CT molecular complexity index is 273. The topological polar surface area (TPSA) is 50.8 Å². The zero-order valence-corrected chi connectivity index (χ0v) is 12.6. The largest absolute Gasteiger partial charge is 0.383 e. The van der Waals surface area contributed by atoms with Gasteiger partial charge in [-0.1, -0.05) is 0 Å². The maximum atomic E-state index is 12.7. The molecule has 112 valence electrons. The second kappa shape index (κ2) is 8.51. The Morgan fingerprint density at radius 2 is 2.16 bits per heavy atom. The molecule has 0 aromatic heterocycles. The molecule has 1 heterocycles. The molecular formula is C14H28N2O3. The van der Waals surface area contributed by atoms with Gasteiger partial charge in [-0.2, -0.15) is 0 Å². The number of ether oxygens (including phenoxy) is 2. The van der Waals surface area contributed by atoms with Crippen molar-refractivity contribution in [1.82, 2.24) is 10.2 Å².